The molecule has 3 atom stereocenters. The van der Waals surface area contributed by atoms with Gasteiger partial charge in [0, 0.05) is 26.4 Å². The maximum Gasteiger partial charge on any atom is 0.414 e. The zero-order valence-corrected chi connectivity index (χ0v) is 16.4. The summed E-state index contributed by atoms with van der Waals surface area (Å²) in [6, 6.07) is 7.12. The summed E-state index contributed by atoms with van der Waals surface area (Å²) in [7, 11) is 0. The Morgan fingerprint density at radius 1 is 1.31 bits per heavy atom. The van der Waals surface area contributed by atoms with E-state index in [1.54, 1.807) is 12.1 Å². The smallest absolute Gasteiger partial charge is 0.414 e. The van der Waals surface area contributed by atoms with Gasteiger partial charge in [0.25, 0.3) is 0 Å². The molecule has 7 nitrogen and oxygen atoms in total. The van der Waals surface area contributed by atoms with Crippen molar-refractivity contribution in [1.82, 2.24) is 5.32 Å². The second-order valence-corrected chi connectivity index (χ2v) is 8.31. The number of nitrogens with one attached hydrogen (secondary N) is 1. The van der Waals surface area contributed by atoms with Gasteiger partial charge in [0.2, 0.25) is 5.91 Å². The molecule has 2 saturated heterocycles. The summed E-state index contributed by atoms with van der Waals surface area (Å²) in [6.07, 6.45) is 1.72. The van der Waals surface area contributed by atoms with Crippen molar-refractivity contribution in [3.8, 4) is 6.07 Å². The second-order valence-electron chi connectivity index (χ2n) is 8.31. The van der Waals surface area contributed by atoms with E-state index < -0.39 is 12.2 Å². The van der Waals surface area contributed by atoms with Crippen LogP contribution in [0.4, 0.5) is 20.6 Å². The minimum atomic E-state index is -0.535. The van der Waals surface area contributed by atoms with Crippen LogP contribution in [0.5, 0.6) is 0 Å². The third kappa shape index (κ3) is 4.00. The first-order chi connectivity index (χ1) is 13.9. The summed E-state index contributed by atoms with van der Waals surface area (Å²) in [5.74, 6) is 0.986. The van der Waals surface area contributed by atoms with E-state index in [2.05, 4.69) is 16.3 Å². The van der Waals surface area contributed by atoms with Crippen LogP contribution in [0.1, 0.15) is 26.2 Å². The van der Waals surface area contributed by atoms with Crippen LogP contribution < -0.4 is 15.1 Å². The molecule has 29 heavy (non-hydrogen) atoms. The topological polar surface area (TPSA) is 85.7 Å². The number of amides is 2. The Kier molecular flexibility index (Phi) is 5.31. The van der Waals surface area contributed by atoms with Gasteiger partial charge in [0.15, 0.2) is 0 Å². The van der Waals surface area contributed by atoms with Crippen molar-refractivity contribution in [2.75, 3.05) is 36.0 Å². The molecule has 1 N–H and O–H groups in total. The maximum absolute atomic E-state index is 14.9. The average molecular weight is 400 g/mol. The lowest BCUT2D eigenvalue weighted by atomic mass is 10.0. The molecule has 0 spiro atoms. The van der Waals surface area contributed by atoms with Gasteiger partial charge in [-0.05, 0) is 48.8 Å². The van der Waals surface area contributed by atoms with Gasteiger partial charge < -0.3 is 15.0 Å². The first kappa shape index (κ1) is 19.5. The quantitative estimate of drug-likeness (QED) is 0.821. The Balaban J connectivity index is 1.40. The molecule has 1 aliphatic carbocycles. The number of rotatable bonds is 5. The molecule has 8 heteroatoms. The normalized spacial score (nSPS) is 28.2. The summed E-state index contributed by atoms with van der Waals surface area (Å²) in [5, 5.41) is 11.5. The lowest BCUT2D eigenvalue weighted by molar-refractivity contribution is -0.119. The number of hydrogen-bond donors (Lipinski definition) is 1. The molecule has 0 radical (unpaired) electrons. The predicted octanol–water partition coefficient (Wildman–Crippen LogP) is 2.66. The van der Waals surface area contributed by atoms with Gasteiger partial charge in [-0.15, -0.1) is 0 Å². The van der Waals surface area contributed by atoms with Crippen molar-refractivity contribution < 1.29 is 18.7 Å². The minimum absolute atomic E-state index is 0.191. The summed E-state index contributed by atoms with van der Waals surface area (Å²) < 4.78 is 20.1. The van der Waals surface area contributed by atoms with E-state index in [0.717, 1.165) is 25.9 Å². The highest BCUT2D eigenvalue weighted by atomic mass is 19.1. The highest BCUT2D eigenvalue weighted by Gasteiger charge is 2.41. The average Bonchev–Trinajstić information content (AvgIpc) is 3.33. The third-order valence-corrected chi connectivity index (χ3v) is 6.26. The van der Waals surface area contributed by atoms with Crippen molar-refractivity contribution >= 4 is 23.4 Å². The number of hydrogen-bond acceptors (Lipinski definition) is 5. The van der Waals surface area contributed by atoms with Gasteiger partial charge in [0.05, 0.1) is 30.5 Å². The fraction of sp³-hybridized carbons (Fsp3) is 0.571. The van der Waals surface area contributed by atoms with Crippen LogP contribution in [-0.4, -0.2) is 44.3 Å². The number of cyclic esters (lactones) is 1. The van der Waals surface area contributed by atoms with E-state index >= 15 is 0 Å². The highest BCUT2D eigenvalue weighted by Crippen LogP contribution is 2.44. The number of carbonyl (C=O) groups is 2. The Labute approximate surface area is 169 Å². The Hall–Kier alpha value is -2.82. The largest absolute Gasteiger partial charge is 0.442 e. The van der Waals surface area contributed by atoms with Crippen LogP contribution in [0.15, 0.2) is 18.2 Å². The number of carbonyl (C=O) groups excluding carboxylic acids is 2. The van der Waals surface area contributed by atoms with Gasteiger partial charge in [-0.2, -0.15) is 5.26 Å². The Bertz CT molecular complexity index is 841. The molecule has 0 aromatic heterocycles. The minimum Gasteiger partial charge on any atom is -0.442 e. The molecule has 2 heterocycles. The standard InChI is InChI=1S/C21H25FN4O3/c1-13(27)24-9-18-12-26(21(28)29-18)17-2-3-20(19(22)8-17)25-10-15-6-14(4-5-23)7-16(15)11-25/h2-3,8,14-16,18H,4,6-7,9-12H2,1H3,(H,24,27)/t14?,15?,16?,18-/m0/s1. The molecule has 1 aromatic rings. The summed E-state index contributed by atoms with van der Waals surface area (Å²) in [6.45, 7) is 3.53. The summed E-state index contributed by atoms with van der Waals surface area (Å²) >= 11 is 0. The van der Waals surface area contributed by atoms with E-state index in [1.807, 2.05) is 0 Å². The van der Waals surface area contributed by atoms with Crippen molar-refractivity contribution in [1.29, 1.82) is 5.26 Å². The molecule has 4 rings (SSSR count). The number of nitriles is 1. The first-order valence-electron chi connectivity index (χ1n) is 10.1. The molecular weight excluding hydrogens is 375 g/mol. The number of nitrogens with zero attached hydrogens (tertiary/aromatic N) is 3. The molecule has 1 saturated carbocycles. The van der Waals surface area contributed by atoms with E-state index in [1.165, 1.54) is 17.9 Å². The van der Waals surface area contributed by atoms with Crippen LogP contribution in [0.25, 0.3) is 0 Å². The monoisotopic (exact) mass is 400 g/mol. The zero-order chi connectivity index (χ0) is 20.5. The molecule has 0 bridgehead atoms. The van der Waals surface area contributed by atoms with Crippen LogP contribution >= 0.6 is 0 Å². The Morgan fingerprint density at radius 2 is 2.03 bits per heavy atom. The maximum atomic E-state index is 14.9. The van der Waals surface area contributed by atoms with Gasteiger partial charge in [-0.1, -0.05) is 0 Å². The number of ether oxygens (including phenoxy) is 1. The van der Waals surface area contributed by atoms with Crippen LogP contribution in [0.2, 0.25) is 0 Å². The molecule has 1 aromatic carbocycles. The van der Waals surface area contributed by atoms with Crippen LogP contribution in [0.3, 0.4) is 0 Å². The molecule has 154 valence electrons. The van der Waals surface area contributed by atoms with Crippen LogP contribution in [-0.2, 0) is 9.53 Å². The number of anilines is 2. The Morgan fingerprint density at radius 3 is 2.66 bits per heavy atom. The van der Waals surface area contributed by atoms with Gasteiger partial charge in [-0.3, -0.25) is 9.69 Å². The second kappa shape index (κ2) is 7.90. The zero-order valence-electron chi connectivity index (χ0n) is 16.4. The van der Waals surface area contributed by atoms with E-state index in [4.69, 9.17) is 10.00 Å². The molecule has 3 aliphatic rings. The van der Waals surface area contributed by atoms with Crippen molar-refractivity contribution in [2.45, 2.75) is 32.3 Å². The summed E-state index contributed by atoms with van der Waals surface area (Å²) in [4.78, 5) is 26.6. The van der Waals surface area contributed by atoms with Crippen molar-refractivity contribution in [3.05, 3.63) is 24.0 Å². The van der Waals surface area contributed by atoms with E-state index in [0.29, 0.717) is 35.5 Å². The van der Waals surface area contributed by atoms with Crippen molar-refractivity contribution in [3.63, 3.8) is 0 Å². The lowest BCUT2D eigenvalue weighted by Crippen LogP contribution is -2.33. The van der Waals surface area contributed by atoms with E-state index in [9.17, 15) is 14.0 Å². The fourth-order valence-electron chi connectivity index (χ4n) is 4.93. The molecule has 2 aliphatic heterocycles. The van der Waals surface area contributed by atoms with E-state index in [-0.39, 0.29) is 24.8 Å². The lowest BCUT2D eigenvalue weighted by Gasteiger charge is -2.22. The number of fused-ring (bicyclic) bond motifs is 1. The fourth-order valence-corrected chi connectivity index (χ4v) is 4.93. The predicted molar refractivity (Wildman–Crippen MR) is 105 cm³/mol. The first-order valence-corrected chi connectivity index (χ1v) is 10.1. The summed E-state index contributed by atoms with van der Waals surface area (Å²) in [5.41, 5.74) is 1.01. The van der Waals surface area contributed by atoms with Gasteiger partial charge in [0.1, 0.15) is 11.9 Å². The molecule has 3 fully saturated rings. The highest BCUT2D eigenvalue weighted by molar-refractivity contribution is 5.90. The van der Waals surface area contributed by atoms with Crippen LogP contribution in [0, 0.1) is 34.9 Å². The van der Waals surface area contributed by atoms with Crippen molar-refractivity contribution in [2.24, 2.45) is 17.8 Å². The molecule has 2 unspecified atom stereocenters. The third-order valence-electron chi connectivity index (χ3n) is 6.26. The molecular formula is C21H25FN4O3. The van der Waals surface area contributed by atoms with Gasteiger partial charge >= 0.3 is 6.09 Å². The molecule has 2 amide bonds. The number of benzene rings is 1. The number of halogens is 1. The SMILES string of the molecule is CC(=O)NC[C@H]1CN(c2ccc(N3CC4CC(CC#N)CC4C3)c(F)c2)C(=O)O1. The van der Waals surface area contributed by atoms with Gasteiger partial charge in [-0.25, -0.2) is 9.18 Å².